The standard InChI is InChI=1S/C17H27N3O/c1-2-9-20-17(18-12-19-20)11-16(21)15-8-7-13-5-3-4-6-14(13)10-15/h12-15H,2-11H2,1H3. The maximum Gasteiger partial charge on any atom is 0.143 e. The number of aryl methyl sites for hydroxylation is 1. The third-order valence-corrected chi connectivity index (χ3v) is 5.46. The lowest BCUT2D eigenvalue weighted by Crippen LogP contribution is -2.32. The van der Waals surface area contributed by atoms with Crippen molar-refractivity contribution in [3.63, 3.8) is 0 Å². The number of Topliss-reactive ketones (excluding diaryl/α,β-unsaturated/α-hetero) is 1. The van der Waals surface area contributed by atoms with Gasteiger partial charge in [-0.2, -0.15) is 5.10 Å². The fourth-order valence-electron chi connectivity index (χ4n) is 4.29. The molecule has 1 aromatic rings. The van der Waals surface area contributed by atoms with Crippen molar-refractivity contribution < 1.29 is 4.79 Å². The van der Waals surface area contributed by atoms with E-state index >= 15 is 0 Å². The molecular weight excluding hydrogens is 262 g/mol. The first kappa shape index (κ1) is 14.7. The quantitative estimate of drug-likeness (QED) is 0.834. The number of hydrogen-bond acceptors (Lipinski definition) is 3. The Labute approximate surface area is 127 Å². The Kier molecular flexibility index (Phi) is 4.71. The van der Waals surface area contributed by atoms with E-state index in [2.05, 4.69) is 17.0 Å². The number of rotatable bonds is 5. The maximum absolute atomic E-state index is 12.6. The van der Waals surface area contributed by atoms with Crippen LogP contribution in [0.2, 0.25) is 0 Å². The molecule has 0 saturated heterocycles. The Hall–Kier alpha value is -1.19. The normalized spacial score (nSPS) is 29.1. The Morgan fingerprint density at radius 3 is 2.86 bits per heavy atom. The first-order valence-electron chi connectivity index (χ1n) is 8.67. The third-order valence-electron chi connectivity index (χ3n) is 5.46. The zero-order valence-corrected chi connectivity index (χ0v) is 13.1. The van der Waals surface area contributed by atoms with Crippen molar-refractivity contribution in [1.29, 1.82) is 0 Å². The van der Waals surface area contributed by atoms with Crippen LogP contribution in [0.3, 0.4) is 0 Å². The van der Waals surface area contributed by atoms with E-state index in [1.807, 2.05) is 4.68 Å². The molecule has 0 aromatic carbocycles. The van der Waals surface area contributed by atoms with E-state index in [0.29, 0.717) is 12.2 Å². The second-order valence-electron chi connectivity index (χ2n) is 6.86. The second kappa shape index (κ2) is 6.71. The lowest BCUT2D eigenvalue weighted by molar-refractivity contribution is -0.124. The van der Waals surface area contributed by atoms with Crippen LogP contribution in [0.1, 0.15) is 64.1 Å². The summed E-state index contributed by atoms with van der Waals surface area (Å²) in [5.41, 5.74) is 0. The molecule has 2 aliphatic carbocycles. The molecule has 3 atom stereocenters. The van der Waals surface area contributed by atoms with Gasteiger partial charge in [-0.3, -0.25) is 4.79 Å². The molecule has 4 nitrogen and oxygen atoms in total. The highest BCUT2D eigenvalue weighted by atomic mass is 16.1. The Morgan fingerprint density at radius 2 is 2.05 bits per heavy atom. The van der Waals surface area contributed by atoms with Crippen LogP contribution in [0.15, 0.2) is 6.33 Å². The zero-order valence-electron chi connectivity index (χ0n) is 13.1. The van der Waals surface area contributed by atoms with Gasteiger partial charge in [0.05, 0.1) is 6.42 Å². The fraction of sp³-hybridized carbons (Fsp3) is 0.824. The van der Waals surface area contributed by atoms with Crippen LogP contribution in [0.5, 0.6) is 0 Å². The van der Waals surface area contributed by atoms with E-state index in [4.69, 9.17) is 0 Å². The minimum Gasteiger partial charge on any atom is -0.299 e. The topological polar surface area (TPSA) is 47.8 Å². The van der Waals surface area contributed by atoms with Gasteiger partial charge in [-0.05, 0) is 37.5 Å². The molecule has 0 aliphatic heterocycles. The minimum absolute atomic E-state index is 0.274. The number of aromatic nitrogens is 3. The smallest absolute Gasteiger partial charge is 0.143 e. The Morgan fingerprint density at radius 1 is 1.24 bits per heavy atom. The van der Waals surface area contributed by atoms with Gasteiger partial charge < -0.3 is 0 Å². The van der Waals surface area contributed by atoms with E-state index in [1.54, 1.807) is 6.33 Å². The van der Waals surface area contributed by atoms with Crippen molar-refractivity contribution in [2.45, 2.75) is 71.3 Å². The molecular formula is C17H27N3O. The van der Waals surface area contributed by atoms with Gasteiger partial charge in [0.15, 0.2) is 0 Å². The first-order chi connectivity index (χ1) is 10.3. The fourth-order valence-corrected chi connectivity index (χ4v) is 4.29. The van der Waals surface area contributed by atoms with Crippen molar-refractivity contribution in [1.82, 2.24) is 14.8 Å². The molecule has 4 heteroatoms. The number of carbonyl (C=O) groups is 1. The van der Waals surface area contributed by atoms with Crippen molar-refractivity contribution in [2.24, 2.45) is 17.8 Å². The van der Waals surface area contributed by atoms with Crippen LogP contribution >= 0.6 is 0 Å². The molecule has 2 saturated carbocycles. The van der Waals surface area contributed by atoms with E-state index in [1.165, 1.54) is 32.1 Å². The molecule has 0 bridgehead atoms. The zero-order chi connectivity index (χ0) is 14.7. The summed E-state index contributed by atoms with van der Waals surface area (Å²) >= 11 is 0. The number of carbonyl (C=O) groups excluding carboxylic acids is 1. The molecule has 2 fully saturated rings. The predicted molar refractivity (Wildman–Crippen MR) is 81.8 cm³/mol. The number of hydrogen-bond donors (Lipinski definition) is 0. The molecule has 3 unspecified atom stereocenters. The summed E-state index contributed by atoms with van der Waals surface area (Å²) in [5, 5.41) is 4.22. The highest BCUT2D eigenvalue weighted by Crippen LogP contribution is 2.43. The summed E-state index contributed by atoms with van der Waals surface area (Å²) < 4.78 is 1.89. The SMILES string of the molecule is CCCn1ncnc1CC(=O)C1CCC2CCCCC2C1. The second-order valence-corrected chi connectivity index (χ2v) is 6.86. The van der Waals surface area contributed by atoms with Crippen LogP contribution in [0, 0.1) is 17.8 Å². The van der Waals surface area contributed by atoms with Crippen LogP contribution in [-0.4, -0.2) is 20.5 Å². The van der Waals surface area contributed by atoms with Crippen molar-refractivity contribution in [3.05, 3.63) is 12.2 Å². The Balaban J connectivity index is 1.59. The summed E-state index contributed by atoms with van der Waals surface area (Å²) in [6.45, 7) is 2.98. The Bertz CT molecular complexity index is 482. The molecule has 0 N–H and O–H groups in total. The van der Waals surface area contributed by atoms with Gasteiger partial charge in [0.1, 0.15) is 17.9 Å². The average Bonchev–Trinajstić information content (AvgIpc) is 2.94. The number of nitrogens with zero attached hydrogens (tertiary/aromatic N) is 3. The molecule has 3 rings (SSSR count). The summed E-state index contributed by atoms with van der Waals surface area (Å²) in [4.78, 5) is 16.9. The van der Waals surface area contributed by atoms with Gasteiger partial charge in [0.2, 0.25) is 0 Å². The van der Waals surface area contributed by atoms with Gasteiger partial charge in [-0.25, -0.2) is 9.67 Å². The molecule has 1 heterocycles. The van der Waals surface area contributed by atoms with E-state index in [-0.39, 0.29) is 5.92 Å². The monoisotopic (exact) mass is 289 g/mol. The van der Waals surface area contributed by atoms with Crippen molar-refractivity contribution in [2.75, 3.05) is 0 Å². The lowest BCUT2D eigenvalue weighted by Gasteiger charge is -2.38. The summed E-state index contributed by atoms with van der Waals surface area (Å²) in [6, 6.07) is 0. The van der Waals surface area contributed by atoms with E-state index in [0.717, 1.165) is 43.5 Å². The van der Waals surface area contributed by atoms with Gasteiger partial charge in [-0.1, -0.05) is 32.6 Å². The summed E-state index contributed by atoms with van der Waals surface area (Å²) in [7, 11) is 0. The number of ketones is 1. The first-order valence-corrected chi connectivity index (χ1v) is 8.67. The molecule has 0 spiro atoms. The van der Waals surface area contributed by atoms with Crippen LogP contribution in [0.4, 0.5) is 0 Å². The number of fused-ring (bicyclic) bond motifs is 1. The van der Waals surface area contributed by atoms with Crippen LogP contribution < -0.4 is 0 Å². The van der Waals surface area contributed by atoms with E-state index in [9.17, 15) is 4.79 Å². The summed E-state index contributed by atoms with van der Waals surface area (Å²) in [5.74, 6) is 3.25. The largest absolute Gasteiger partial charge is 0.299 e. The van der Waals surface area contributed by atoms with E-state index < -0.39 is 0 Å². The molecule has 116 valence electrons. The third kappa shape index (κ3) is 3.35. The van der Waals surface area contributed by atoms with Gasteiger partial charge >= 0.3 is 0 Å². The average molecular weight is 289 g/mol. The van der Waals surface area contributed by atoms with Crippen LogP contribution in [0.25, 0.3) is 0 Å². The van der Waals surface area contributed by atoms with Gasteiger partial charge in [-0.15, -0.1) is 0 Å². The van der Waals surface area contributed by atoms with Gasteiger partial charge in [0.25, 0.3) is 0 Å². The lowest BCUT2D eigenvalue weighted by atomic mass is 9.66. The highest BCUT2D eigenvalue weighted by Gasteiger charge is 2.35. The molecule has 21 heavy (non-hydrogen) atoms. The predicted octanol–water partition coefficient (Wildman–Crippen LogP) is 3.41. The highest BCUT2D eigenvalue weighted by molar-refractivity contribution is 5.82. The van der Waals surface area contributed by atoms with Crippen LogP contribution in [-0.2, 0) is 17.8 Å². The maximum atomic E-state index is 12.6. The summed E-state index contributed by atoms with van der Waals surface area (Å²) in [6.07, 6.45) is 12.1. The van der Waals surface area contributed by atoms with Crippen molar-refractivity contribution in [3.8, 4) is 0 Å². The molecule has 2 aliphatic rings. The minimum atomic E-state index is 0.274. The molecule has 0 radical (unpaired) electrons. The van der Waals surface area contributed by atoms with Gasteiger partial charge in [0, 0.05) is 12.5 Å². The molecule has 0 amide bonds. The van der Waals surface area contributed by atoms with Crippen molar-refractivity contribution >= 4 is 5.78 Å². The molecule has 1 aromatic heterocycles.